The molecule has 0 unspecified atom stereocenters. The number of rotatable bonds is 2. The van der Waals surface area contributed by atoms with Crippen molar-refractivity contribution < 1.29 is 13.2 Å². The van der Waals surface area contributed by atoms with Crippen molar-refractivity contribution in [3.63, 3.8) is 0 Å². The third-order valence-corrected chi connectivity index (χ3v) is 4.30. The minimum Gasteiger partial charge on any atom is -0.399 e. The van der Waals surface area contributed by atoms with Gasteiger partial charge in [-0.15, -0.1) is 0 Å². The van der Waals surface area contributed by atoms with Gasteiger partial charge in [0.15, 0.2) is 0 Å². The molecule has 17 heavy (non-hydrogen) atoms. The Labute approximate surface area is 97.8 Å². The Morgan fingerprint density at radius 2 is 1.59 bits per heavy atom. The lowest BCUT2D eigenvalue weighted by atomic mass is 9.33. The van der Waals surface area contributed by atoms with Crippen LogP contribution in [0.3, 0.4) is 0 Å². The number of hydrogen-bond acceptors (Lipinski definition) is 1. The van der Waals surface area contributed by atoms with Crippen LogP contribution in [0, 0.1) is 10.8 Å². The first-order valence-electron chi connectivity index (χ1n) is 5.76. The number of anilines is 1. The van der Waals surface area contributed by atoms with E-state index in [0.29, 0.717) is 24.9 Å². The number of benzene rings is 1. The maximum atomic E-state index is 12.7. The fourth-order valence-electron chi connectivity index (χ4n) is 3.55. The van der Waals surface area contributed by atoms with Crippen LogP contribution in [-0.2, 0) is 6.42 Å². The van der Waals surface area contributed by atoms with Crippen molar-refractivity contribution in [1.82, 2.24) is 0 Å². The van der Waals surface area contributed by atoms with Crippen LogP contribution in [0.25, 0.3) is 0 Å². The first kappa shape index (κ1) is 10.9. The highest BCUT2D eigenvalue weighted by Crippen LogP contribution is 2.79. The van der Waals surface area contributed by atoms with Crippen LogP contribution < -0.4 is 5.73 Å². The summed E-state index contributed by atoms with van der Waals surface area (Å²) in [5.74, 6) is 0. The van der Waals surface area contributed by atoms with Gasteiger partial charge in [0.05, 0.1) is 5.41 Å². The van der Waals surface area contributed by atoms with Crippen LogP contribution in [-0.4, -0.2) is 6.18 Å². The molecule has 1 nitrogen and oxygen atoms in total. The molecule has 2 bridgehead atoms. The molecule has 3 saturated carbocycles. The van der Waals surface area contributed by atoms with E-state index in [9.17, 15) is 13.2 Å². The van der Waals surface area contributed by atoms with Crippen LogP contribution in [0.5, 0.6) is 0 Å². The maximum Gasteiger partial charge on any atom is 0.394 e. The fraction of sp³-hybridized carbons (Fsp3) is 0.538. The van der Waals surface area contributed by atoms with Crippen LogP contribution in [0.15, 0.2) is 24.3 Å². The third-order valence-electron chi connectivity index (χ3n) is 4.30. The normalized spacial score (nSPS) is 35.0. The molecule has 0 aliphatic heterocycles. The number of halogens is 3. The molecule has 0 radical (unpaired) electrons. The monoisotopic (exact) mass is 241 g/mol. The van der Waals surface area contributed by atoms with E-state index in [-0.39, 0.29) is 5.41 Å². The predicted molar refractivity (Wildman–Crippen MR) is 59.3 cm³/mol. The van der Waals surface area contributed by atoms with Crippen molar-refractivity contribution in [3.8, 4) is 0 Å². The smallest absolute Gasteiger partial charge is 0.394 e. The van der Waals surface area contributed by atoms with Crippen LogP contribution in [0.2, 0.25) is 0 Å². The van der Waals surface area contributed by atoms with Gasteiger partial charge in [0, 0.05) is 5.69 Å². The molecule has 4 heteroatoms. The standard InChI is InChI=1S/C13H14F3N/c14-13(15,16)12-6-11(7-12,8-12)5-9-1-3-10(17)4-2-9/h1-4H,5-8,17H2. The van der Waals surface area contributed by atoms with Crippen LogP contribution >= 0.6 is 0 Å². The van der Waals surface area contributed by atoms with Gasteiger partial charge < -0.3 is 5.73 Å². The summed E-state index contributed by atoms with van der Waals surface area (Å²) in [6.07, 6.45) is -2.31. The van der Waals surface area contributed by atoms with Crippen LogP contribution in [0.1, 0.15) is 24.8 Å². The molecule has 3 aliphatic carbocycles. The number of nitrogen functional groups attached to an aromatic ring is 1. The minimum atomic E-state index is -4.00. The van der Waals surface area contributed by atoms with Gasteiger partial charge in [0.2, 0.25) is 0 Å². The summed E-state index contributed by atoms with van der Waals surface area (Å²) in [5.41, 5.74) is 5.95. The topological polar surface area (TPSA) is 26.0 Å². The highest BCUT2D eigenvalue weighted by Gasteiger charge is 2.77. The molecule has 3 fully saturated rings. The molecular weight excluding hydrogens is 227 g/mol. The lowest BCUT2D eigenvalue weighted by Crippen LogP contribution is -2.68. The highest BCUT2D eigenvalue weighted by atomic mass is 19.4. The summed E-state index contributed by atoms with van der Waals surface area (Å²) in [5, 5.41) is 0. The zero-order valence-corrected chi connectivity index (χ0v) is 9.35. The largest absolute Gasteiger partial charge is 0.399 e. The summed E-state index contributed by atoms with van der Waals surface area (Å²) >= 11 is 0. The average molecular weight is 241 g/mol. The Morgan fingerprint density at radius 1 is 1.06 bits per heavy atom. The molecule has 0 spiro atoms. The molecule has 0 atom stereocenters. The lowest BCUT2D eigenvalue weighted by molar-refractivity contribution is -0.362. The zero-order valence-electron chi connectivity index (χ0n) is 9.35. The molecule has 0 saturated heterocycles. The van der Waals surface area contributed by atoms with E-state index in [4.69, 9.17) is 5.73 Å². The second-order valence-electron chi connectivity index (χ2n) is 5.73. The van der Waals surface area contributed by atoms with Crippen LogP contribution in [0.4, 0.5) is 18.9 Å². The second kappa shape index (κ2) is 2.98. The number of hydrogen-bond donors (Lipinski definition) is 1. The average Bonchev–Trinajstić information content (AvgIpc) is 2.09. The lowest BCUT2D eigenvalue weighted by Gasteiger charge is -2.71. The van der Waals surface area contributed by atoms with Gasteiger partial charge in [0.1, 0.15) is 0 Å². The van der Waals surface area contributed by atoms with E-state index in [1.165, 1.54) is 0 Å². The molecular formula is C13H14F3N. The second-order valence-corrected chi connectivity index (χ2v) is 5.73. The van der Waals surface area contributed by atoms with Crippen molar-refractivity contribution >= 4 is 5.69 Å². The van der Waals surface area contributed by atoms with E-state index >= 15 is 0 Å². The summed E-state index contributed by atoms with van der Waals surface area (Å²) in [6, 6.07) is 7.44. The van der Waals surface area contributed by atoms with Gasteiger partial charge in [-0.25, -0.2) is 0 Å². The minimum absolute atomic E-state index is 0.0777. The first-order chi connectivity index (χ1) is 7.84. The van der Waals surface area contributed by atoms with E-state index < -0.39 is 11.6 Å². The Morgan fingerprint density at radius 3 is 2.06 bits per heavy atom. The van der Waals surface area contributed by atoms with Crippen molar-refractivity contribution in [1.29, 1.82) is 0 Å². The van der Waals surface area contributed by atoms with E-state index in [1.54, 1.807) is 12.1 Å². The zero-order chi connectivity index (χ0) is 12.3. The Bertz CT molecular complexity index is 427. The molecule has 92 valence electrons. The van der Waals surface area contributed by atoms with E-state index in [1.807, 2.05) is 12.1 Å². The molecule has 2 N–H and O–H groups in total. The maximum absolute atomic E-state index is 12.7. The molecule has 1 aromatic carbocycles. The molecule has 0 amide bonds. The van der Waals surface area contributed by atoms with Gasteiger partial charge in [-0.3, -0.25) is 0 Å². The molecule has 1 aromatic rings. The van der Waals surface area contributed by atoms with Gasteiger partial charge in [0.25, 0.3) is 0 Å². The van der Waals surface area contributed by atoms with Crippen molar-refractivity contribution in [2.45, 2.75) is 31.9 Å². The molecule has 3 aliphatic rings. The molecule has 0 aromatic heterocycles. The highest BCUT2D eigenvalue weighted by molar-refractivity contribution is 5.40. The third kappa shape index (κ3) is 1.46. The Balaban J connectivity index is 1.66. The quantitative estimate of drug-likeness (QED) is 0.787. The van der Waals surface area contributed by atoms with Gasteiger partial charge in [-0.2, -0.15) is 13.2 Å². The number of alkyl halides is 3. The van der Waals surface area contributed by atoms with E-state index in [0.717, 1.165) is 12.0 Å². The summed E-state index contributed by atoms with van der Waals surface area (Å²) in [6.45, 7) is 0. The van der Waals surface area contributed by atoms with Gasteiger partial charge in [-0.1, -0.05) is 12.1 Å². The fourth-order valence-corrected chi connectivity index (χ4v) is 3.55. The van der Waals surface area contributed by atoms with Gasteiger partial charge in [-0.05, 0) is 48.8 Å². The first-order valence-corrected chi connectivity index (χ1v) is 5.76. The van der Waals surface area contributed by atoms with Gasteiger partial charge >= 0.3 is 6.18 Å². The summed E-state index contributed by atoms with van der Waals surface area (Å²) in [4.78, 5) is 0. The molecule has 0 heterocycles. The summed E-state index contributed by atoms with van der Waals surface area (Å²) < 4.78 is 38.0. The van der Waals surface area contributed by atoms with E-state index in [2.05, 4.69) is 0 Å². The summed E-state index contributed by atoms with van der Waals surface area (Å²) in [7, 11) is 0. The van der Waals surface area contributed by atoms with Crippen molar-refractivity contribution in [2.24, 2.45) is 10.8 Å². The Hall–Kier alpha value is -1.19. The number of nitrogens with two attached hydrogens (primary N) is 1. The van der Waals surface area contributed by atoms with Crippen molar-refractivity contribution in [3.05, 3.63) is 29.8 Å². The molecule has 4 rings (SSSR count). The predicted octanol–water partition coefficient (Wildman–Crippen LogP) is 3.54. The Kier molecular flexibility index (Phi) is 1.91. The SMILES string of the molecule is Nc1ccc(CC23CC(C(F)(F)F)(C2)C3)cc1. The van der Waals surface area contributed by atoms with Crippen molar-refractivity contribution in [2.75, 3.05) is 5.73 Å².